The summed E-state index contributed by atoms with van der Waals surface area (Å²) in [6.45, 7) is 7.53. The molecular weight excluding hydrogens is 402 g/mol. The summed E-state index contributed by atoms with van der Waals surface area (Å²) < 4.78 is 7.94. The molecule has 0 fully saturated rings. The Morgan fingerprint density at radius 1 is 0.926 bits per heavy atom. The molecule has 0 amide bonds. The molecule has 3 rings (SSSR count). The van der Waals surface area contributed by atoms with E-state index in [0.29, 0.717) is 23.4 Å². The van der Waals surface area contributed by atoms with Gasteiger partial charge in [-0.2, -0.15) is 0 Å². The van der Waals surface area contributed by atoms with Crippen molar-refractivity contribution in [2.75, 3.05) is 0 Å². The number of hydrogen-bond donors (Lipinski definition) is 0. The summed E-state index contributed by atoms with van der Waals surface area (Å²) in [7, 11) is 0. The van der Waals surface area contributed by atoms with Crippen molar-refractivity contribution in [3.63, 3.8) is 0 Å². The van der Waals surface area contributed by atoms with E-state index in [1.807, 2.05) is 36.4 Å². The van der Waals surface area contributed by atoms with Crippen LogP contribution in [0.4, 0.5) is 0 Å². The predicted octanol–water partition coefficient (Wildman–Crippen LogP) is 5.54. The molecule has 1 aromatic heterocycles. The highest BCUT2D eigenvalue weighted by atomic mass is 79.9. The average molecular weight is 426 g/mol. The molecule has 0 saturated carbocycles. The van der Waals surface area contributed by atoms with Crippen molar-refractivity contribution in [2.45, 2.75) is 39.3 Å². The molecule has 0 saturated heterocycles. The van der Waals surface area contributed by atoms with Gasteiger partial charge in [-0.1, -0.05) is 75.4 Å². The van der Waals surface area contributed by atoms with Gasteiger partial charge in [0.2, 0.25) is 0 Å². The number of nitrogens with zero attached hydrogens (tertiary/aromatic N) is 1. The number of pyridine rings is 1. The minimum Gasteiger partial charge on any atom is -0.487 e. The van der Waals surface area contributed by atoms with Gasteiger partial charge in [0.25, 0.3) is 5.56 Å². The largest absolute Gasteiger partial charge is 0.487 e. The Hall–Kier alpha value is -2.33. The van der Waals surface area contributed by atoms with E-state index in [1.54, 1.807) is 10.8 Å². The third-order valence-electron chi connectivity index (χ3n) is 4.48. The number of halogens is 1. The fraction of sp³-hybridized carbons (Fsp3) is 0.261. The quantitative estimate of drug-likeness (QED) is 0.537. The zero-order valence-electron chi connectivity index (χ0n) is 15.9. The Morgan fingerprint density at radius 3 is 2.22 bits per heavy atom. The molecular formula is C23H24BrNO2. The second-order valence-corrected chi connectivity index (χ2v) is 8.44. The van der Waals surface area contributed by atoms with Crippen molar-refractivity contribution in [3.05, 3.63) is 98.4 Å². The Balaban J connectivity index is 1.74. The maximum absolute atomic E-state index is 12.7. The van der Waals surface area contributed by atoms with Crippen LogP contribution < -0.4 is 10.3 Å². The highest BCUT2D eigenvalue weighted by Gasteiger charge is 2.13. The molecule has 0 N–H and O–H groups in total. The molecule has 0 bridgehead atoms. The van der Waals surface area contributed by atoms with Gasteiger partial charge < -0.3 is 9.30 Å². The van der Waals surface area contributed by atoms with Gasteiger partial charge in [-0.3, -0.25) is 4.79 Å². The third-order valence-corrected chi connectivity index (χ3v) is 5.21. The van der Waals surface area contributed by atoms with Crippen molar-refractivity contribution >= 4 is 15.9 Å². The van der Waals surface area contributed by atoms with Crippen LogP contribution in [0, 0.1) is 0 Å². The van der Waals surface area contributed by atoms with Gasteiger partial charge >= 0.3 is 0 Å². The van der Waals surface area contributed by atoms with Crippen molar-refractivity contribution in [3.8, 4) is 5.75 Å². The molecule has 0 aliphatic carbocycles. The Morgan fingerprint density at radius 2 is 1.59 bits per heavy atom. The van der Waals surface area contributed by atoms with Crippen LogP contribution in [-0.2, 0) is 18.6 Å². The zero-order valence-corrected chi connectivity index (χ0v) is 17.5. The van der Waals surface area contributed by atoms with Gasteiger partial charge in [0.15, 0.2) is 0 Å². The number of ether oxygens (including phenoxy) is 1. The second kappa shape index (κ2) is 8.13. The first-order valence-electron chi connectivity index (χ1n) is 9.00. The second-order valence-electron chi connectivity index (χ2n) is 7.65. The van der Waals surface area contributed by atoms with Gasteiger partial charge in [-0.05, 0) is 44.1 Å². The molecule has 27 heavy (non-hydrogen) atoms. The lowest BCUT2D eigenvalue weighted by Crippen LogP contribution is -2.21. The molecule has 0 atom stereocenters. The number of aromatic nitrogens is 1. The molecule has 140 valence electrons. The topological polar surface area (TPSA) is 31.2 Å². The lowest BCUT2D eigenvalue weighted by atomic mass is 9.87. The van der Waals surface area contributed by atoms with Gasteiger partial charge in [0.05, 0.1) is 6.54 Å². The van der Waals surface area contributed by atoms with E-state index in [9.17, 15) is 4.79 Å². The van der Waals surface area contributed by atoms with E-state index in [1.165, 1.54) is 5.56 Å². The standard InChI is InChI=1S/C23H24BrNO2/c1-23(2,3)19-11-9-17(10-12-19)15-25-14-13-20(21(24)22(25)26)27-16-18-7-5-4-6-8-18/h4-14H,15-16H2,1-3H3. The summed E-state index contributed by atoms with van der Waals surface area (Å²) in [4.78, 5) is 12.7. The molecule has 2 aromatic carbocycles. The van der Waals surface area contributed by atoms with E-state index < -0.39 is 0 Å². The van der Waals surface area contributed by atoms with E-state index in [2.05, 4.69) is 61.0 Å². The number of benzene rings is 2. The predicted molar refractivity (Wildman–Crippen MR) is 113 cm³/mol. The summed E-state index contributed by atoms with van der Waals surface area (Å²) >= 11 is 3.40. The molecule has 1 heterocycles. The molecule has 0 unspecified atom stereocenters. The van der Waals surface area contributed by atoms with Crippen LogP contribution in [0.2, 0.25) is 0 Å². The molecule has 3 aromatic rings. The van der Waals surface area contributed by atoms with Crippen molar-refractivity contribution < 1.29 is 4.74 Å². The van der Waals surface area contributed by atoms with Crippen LogP contribution in [0.15, 0.2) is 76.1 Å². The van der Waals surface area contributed by atoms with Crippen LogP contribution >= 0.6 is 15.9 Å². The van der Waals surface area contributed by atoms with Crippen molar-refractivity contribution in [1.82, 2.24) is 4.57 Å². The maximum atomic E-state index is 12.7. The monoisotopic (exact) mass is 425 g/mol. The van der Waals surface area contributed by atoms with E-state index in [-0.39, 0.29) is 11.0 Å². The number of rotatable bonds is 5. The summed E-state index contributed by atoms with van der Waals surface area (Å²) in [5.74, 6) is 0.559. The molecule has 0 spiro atoms. The minimum absolute atomic E-state index is 0.0968. The molecule has 3 nitrogen and oxygen atoms in total. The van der Waals surface area contributed by atoms with Crippen LogP contribution in [0.25, 0.3) is 0 Å². The van der Waals surface area contributed by atoms with E-state index in [0.717, 1.165) is 11.1 Å². The van der Waals surface area contributed by atoms with Crippen LogP contribution in [0.1, 0.15) is 37.5 Å². The Bertz CT molecular complexity index is 954. The first kappa shape index (κ1) is 19.4. The molecule has 4 heteroatoms. The summed E-state index contributed by atoms with van der Waals surface area (Å²) in [6.07, 6.45) is 1.78. The van der Waals surface area contributed by atoms with Crippen LogP contribution in [0.3, 0.4) is 0 Å². The molecule has 0 radical (unpaired) electrons. The van der Waals surface area contributed by atoms with E-state index >= 15 is 0 Å². The summed E-state index contributed by atoms with van der Waals surface area (Å²) in [5.41, 5.74) is 3.46. The fourth-order valence-electron chi connectivity index (χ4n) is 2.81. The average Bonchev–Trinajstić information content (AvgIpc) is 2.65. The molecule has 0 aliphatic heterocycles. The van der Waals surface area contributed by atoms with Gasteiger partial charge in [-0.15, -0.1) is 0 Å². The number of hydrogen-bond acceptors (Lipinski definition) is 2. The first-order valence-corrected chi connectivity index (χ1v) is 9.79. The Labute approximate surface area is 168 Å². The van der Waals surface area contributed by atoms with Gasteiger partial charge in [-0.25, -0.2) is 0 Å². The Kier molecular flexibility index (Phi) is 5.85. The smallest absolute Gasteiger partial charge is 0.268 e. The third kappa shape index (κ3) is 4.89. The lowest BCUT2D eigenvalue weighted by Gasteiger charge is -2.19. The van der Waals surface area contributed by atoms with Crippen LogP contribution in [0.5, 0.6) is 5.75 Å². The van der Waals surface area contributed by atoms with Gasteiger partial charge in [0.1, 0.15) is 16.8 Å². The minimum atomic E-state index is -0.0968. The maximum Gasteiger partial charge on any atom is 0.268 e. The molecule has 0 aliphatic rings. The fourth-order valence-corrected chi connectivity index (χ4v) is 3.28. The van der Waals surface area contributed by atoms with Crippen LogP contribution in [-0.4, -0.2) is 4.57 Å². The first-order chi connectivity index (χ1) is 12.8. The normalized spacial score (nSPS) is 11.4. The summed E-state index contributed by atoms with van der Waals surface area (Å²) in [5, 5.41) is 0. The van der Waals surface area contributed by atoms with E-state index in [4.69, 9.17) is 4.74 Å². The SMILES string of the molecule is CC(C)(C)c1ccc(Cn2ccc(OCc3ccccc3)c(Br)c2=O)cc1. The highest BCUT2D eigenvalue weighted by molar-refractivity contribution is 9.10. The lowest BCUT2D eigenvalue weighted by molar-refractivity contribution is 0.302. The van der Waals surface area contributed by atoms with Gasteiger partial charge in [0, 0.05) is 6.20 Å². The van der Waals surface area contributed by atoms with Crippen molar-refractivity contribution in [1.29, 1.82) is 0 Å². The summed E-state index contributed by atoms with van der Waals surface area (Å²) in [6, 6.07) is 20.2. The highest BCUT2D eigenvalue weighted by Crippen LogP contribution is 2.23. The zero-order chi connectivity index (χ0) is 19.4. The van der Waals surface area contributed by atoms with Crippen molar-refractivity contribution in [2.24, 2.45) is 0 Å².